The fraction of sp³-hybridized carbons (Fsp3) is 0.489. The number of aromatic nitrogens is 2. The SMILES string of the molecule is COc1cc(-c2cn(C)c(=O)c3cnc(C4CC4)cc23)cc(OC)c1CN1CC(CN2CCC3(CC2)CN(c2ccc4c(c2)C(=O)N(C2CCC(=O)NC2=O)C4)C3)C1. The molecule has 58 heavy (non-hydrogen) atoms. The number of aryl methyl sites for hydroxylation is 1. The monoisotopic (exact) mass is 785 g/mol. The number of ether oxygens (including phenoxy) is 2. The quantitative estimate of drug-likeness (QED) is 0.233. The van der Waals surface area contributed by atoms with Gasteiger partial charge in [0.15, 0.2) is 0 Å². The van der Waals surface area contributed by atoms with E-state index in [1.54, 1.807) is 36.9 Å². The van der Waals surface area contributed by atoms with E-state index in [0.717, 1.165) is 116 Å². The molecule has 1 N–H and O–H groups in total. The number of nitrogens with zero attached hydrogens (tertiary/aromatic N) is 6. The summed E-state index contributed by atoms with van der Waals surface area (Å²) in [6, 6.07) is 11.8. The average molecular weight is 786 g/mol. The molecule has 4 aromatic rings. The number of pyridine rings is 2. The van der Waals surface area contributed by atoms with E-state index in [1.165, 1.54) is 12.8 Å². The van der Waals surface area contributed by atoms with Crippen molar-refractivity contribution in [2.75, 3.05) is 64.9 Å². The summed E-state index contributed by atoms with van der Waals surface area (Å²) in [4.78, 5) is 64.3. The van der Waals surface area contributed by atoms with Crippen LogP contribution in [0.15, 0.2) is 53.6 Å². The second-order valence-corrected chi connectivity index (χ2v) is 17.7. The molecule has 0 radical (unpaired) electrons. The Kier molecular flexibility index (Phi) is 9.08. The Morgan fingerprint density at radius 1 is 0.879 bits per heavy atom. The van der Waals surface area contributed by atoms with Crippen molar-refractivity contribution in [1.82, 2.24) is 29.6 Å². The third kappa shape index (κ3) is 6.52. The van der Waals surface area contributed by atoms with Crippen LogP contribution in [0.3, 0.4) is 0 Å². The molecule has 1 saturated carbocycles. The van der Waals surface area contributed by atoms with Gasteiger partial charge in [-0.05, 0) is 98.0 Å². The second kappa shape index (κ2) is 14.2. The average Bonchev–Trinajstić information content (AvgIpc) is 4.01. The number of hydrogen-bond acceptors (Lipinski definition) is 10. The van der Waals surface area contributed by atoms with Gasteiger partial charge < -0.3 is 28.7 Å². The Morgan fingerprint density at radius 3 is 2.31 bits per heavy atom. The van der Waals surface area contributed by atoms with E-state index in [1.807, 2.05) is 18.3 Å². The number of imide groups is 1. The smallest absolute Gasteiger partial charge is 0.259 e. The number of piperidine rings is 2. The van der Waals surface area contributed by atoms with Crippen molar-refractivity contribution in [3.05, 3.63) is 81.5 Å². The number of nitrogens with one attached hydrogen (secondary N) is 1. The minimum atomic E-state index is -0.591. The summed E-state index contributed by atoms with van der Waals surface area (Å²) in [6.45, 7) is 8.54. The predicted molar refractivity (Wildman–Crippen MR) is 219 cm³/mol. The molecule has 13 heteroatoms. The number of carbonyl (C=O) groups excluding carboxylic acids is 3. The maximum Gasteiger partial charge on any atom is 0.259 e. The van der Waals surface area contributed by atoms with E-state index in [-0.39, 0.29) is 29.7 Å². The lowest BCUT2D eigenvalue weighted by Crippen LogP contribution is -2.61. The van der Waals surface area contributed by atoms with E-state index >= 15 is 0 Å². The topological polar surface area (TPSA) is 130 Å². The van der Waals surface area contributed by atoms with Crippen LogP contribution in [0.25, 0.3) is 21.9 Å². The molecule has 3 amide bonds. The maximum atomic E-state index is 13.4. The van der Waals surface area contributed by atoms with Gasteiger partial charge in [-0.2, -0.15) is 0 Å². The zero-order valence-electron chi connectivity index (χ0n) is 33.6. The van der Waals surface area contributed by atoms with Crippen molar-refractivity contribution >= 4 is 34.2 Å². The zero-order valence-corrected chi connectivity index (χ0v) is 33.6. The maximum absolute atomic E-state index is 13.4. The largest absolute Gasteiger partial charge is 0.496 e. The standard InChI is InChI=1S/C45H51N7O6/c1-48-23-35(33-17-37(28-4-5-28)46-18-34(33)43(48)55)30-14-39(57-2)36(40(15-30)58-3)24-50-20-27(21-50)19-49-12-10-45(11-13-49)25-51(26-45)31-7-6-29-22-52(44(56)32(29)16-31)38-8-9-41(53)47-42(38)54/h6-7,14-18,23,27-28,38H,4-5,8-13,19-22,24-26H2,1-3H3,(H,47,53,54). The summed E-state index contributed by atoms with van der Waals surface area (Å²) in [5.41, 5.74) is 6.97. The van der Waals surface area contributed by atoms with Crippen LogP contribution in [0, 0.1) is 11.3 Å². The third-order valence-corrected chi connectivity index (χ3v) is 13.8. The zero-order chi connectivity index (χ0) is 39.9. The lowest BCUT2D eigenvalue weighted by atomic mass is 9.71. The highest BCUT2D eigenvalue weighted by Crippen LogP contribution is 2.45. The van der Waals surface area contributed by atoms with Gasteiger partial charge in [0.25, 0.3) is 11.5 Å². The Balaban J connectivity index is 0.732. The van der Waals surface area contributed by atoms with Gasteiger partial charge in [0.05, 0.1) is 25.2 Å². The molecule has 1 spiro atoms. The first-order valence-electron chi connectivity index (χ1n) is 20.8. The summed E-state index contributed by atoms with van der Waals surface area (Å²) in [5, 5.41) is 3.92. The Bertz CT molecular complexity index is 2380. The van der Waals surface area contributed by atoms with Crippen molar-refractivity contribution in [3.8, 4) is 22.6 Å². The van der Waals surface area contributed by atoms with Gasteiger partial charge in [0, 0.05) is 106 Å². The summed E-state index contributed by atoms with van der Waals surface area (Å²) < 4.78 is 13.6. The van der Waals surface area contributed by atoms with Crippen molar-refractivity contribution in [1.29, 1.82) is 0 Å². The van der Waals surface area contributed by atoms with Crippen LogP contribution in [-0.4, -0.2) is 108 Å². The number of carbonyl (C=O) groups is 3. The summed E-state index contributed by atoms with van der Waals surface area (Å²) in [5.74, 6) is 1.91. The van der Waals surface area contributed by atoms with Gasteiger partial charge in [0.1, 0.15) is 17.5 Å². The molecule has 2 aromatic carbocycles. The van der Waals surface area contributed by atoms with Gasteiger partial charge in [-0.1, -0.05) is 6.07 Å². The van der Waals surface area contributed by atoms with E-state index < -0.39 is 6.04 Å². The molecule has 5 aliphatic heterocycles. The lowest BCUT2D eigenvalue weighted by molar-refractivity contribution is -0.136. The van der Waals surface area contributed by atoms with Gasteiger partial charge in [-0.25, -0.2) is 0 Å². The molecule has 1 unspecified atom stereocenters. The summed E-state index contributed by atoms with van der Waals surface area (Å²) in [7, 11) is 5.21. The van der Waals surface area contributed by atoms with Gasteiger partial charge in [-0.3, -0.25) is 34.4 Å². The van der Waals surface area contributed by atoms with Crippen LogP contribution < -0.4 is 25.2 Å². The van der Waals surface area contributed by atoms with Crippen LogP contribution >= 0.6 is 0 Å². The number of hydrogen-bond donors (Lipinski definition) is 1. The number of methoxy groups -OCH3 is 2. The van der Waals surface area contributed by atoms with Crippen molar-refractivity contribution in [3.63, 3.8) is 0 Å². The molecule has 5 fully saturated rings. The summed E-state index contributed by atoms with van der Waals surface area (Å²) >= 11 is 0. The van der Waals surface area contributed by atoms with Gasteiger partial charge >= 0.3 is 0 Å². The minimum Gasteiger partial charge on any atom is -0.496 e. The Labute approximate surface area is 337 Å². The van der Waals surface area contributed by atoms with Crippen molar-refractivity contribution < 1.29 is 23.9 Å². The molecule has 0 bridgehead atoms. The molecule has 4 saturated heterocycles. The molecule has 302 valence electrons. The first kappa shape index (κ1) is 37.0. The molecule has 2 aromatic heterocycles. The molecule has 13 nitrogen and oxygen atoms in total. The Morgan fingerprint density at radius 2 is 1.62 bits per heavy atom. The molecular weight excluding hydrogens is 735 g/mol. The number of likely N-dealkylation sites (tertiary alicyclic amines) is 2. The fourth-order valence-corrected chi connectivity index (χ4v) is 10.2. The van der Waals surface area contributed by atoms with Crippen LogP contribution in [0.4, 0.5) is 5.69 Å². The highest BCUT2D eigenvalue weighted by atomic mass is 16.5. The normalized spacial score (nSPS) is 22.3. The third-order valence-electron chi connectivity index (χ3n) is 13.8. The lowest BCUT2D eigenvalue weighted by Gasteiger charge is -2.55. The minimum absolute atomic E-state index is 0.0514. The number of rotatable bonds is 10. The molecule has 7 heterocycles. The fourth-order valence-electron chi connectivity index (χ4n) is 10.2. The highest BCUT2D eigenvalue weighted by Gasteiger charge is 2.46. The molecule has 6 aliphatic rings. The predicted octanol–water partition coefficient (Wildman–Crippen LogP) is 4.29. The molecule has 10 rings (SSSR count). The van der Waals surface area contributed by atoms with Crippen molar-refractivity contribution in [2.24, 2.45) is 18.4 Å². The number of fused-ring (bicyclic) bond motifs is 2. The first-order chi connectivity index (χ1) is 28.1. The van der Waals surface area contributed by atoms with Crippen LogP contribution in [0.2, 0.25) is 0 Å². The van der Waals surface area contributed by atoms with Crippen LogP contribution in [0.5, 0.6) is 11.5 Å². The molecular formula is C45H51N7O6. The first-order valence-corrected chi connectivity index (χ1v) is 20.8. The summed E-state index contributed by atoms with van der Waals surface area (Å²) in [6.07, 6.45) is 8.93. The van der Waals surface area contributed by atoms with E-state index in [9.17, 15) is 19.2 Å². The van der Waals surface area contributed by atoms with Crippen molar-refractivity contribution in [2.45, 2.75) is 63.6 Å². The second-order valence-electron chi connectivity index (χ2n) is 17.7. The number of anilines is 1. The van der Waals surface area contributed by atoms with E-state index in [2.05, 4.69) is 49.3 Å². The van der Waals surface area contributed by atoms with Gasteiger partial charge in [-0.15, -0.1) is 0 Å². The highest BCUT2D eigenvalue weighted by molar-refractivity contribution is 6.05. The van der Waals surface area contributed by atoms with E-state index in [4.69, 9.17) is 9.47 Å². The molecule has 1 atom stereocenters. The van der Waals surface area contributed by atoms with Crippen LogP contribution in [0.1, 0.15) is 71.6 Å². The van der Waals surface area contributed by atoms with E-state index in [0.29, 0.717) is 41.2 Å². The Hall–Kier alpha value is -5.27. The number of amides is 3. The molecule has 1 aliphatic carbocycles. The van der Waals surface area contributed by atoms with Gasteiger partial charge in [0.2, 0.25) is 11.8 Å². The number of benzene rings is 2. The van der Waals surface area contributed by atoms with Crippen LogP contribution in [-0.2, 0) is 29.7 Å².